The first-order valence-corrected chi connectivity index (χ1v) is 14.0. The van der Waals surface area contributed by atoms with E-state index in [4.69, 9.17) is 18.9 Å². The van der Waals surface area contributed by atoms with Gasteiger partial charge in [-0.1, -0.05) is 79.7 Å². The second-order valence-corrected chi connectivity index (χ2v) is 11.9. The van der Waals surface area contributed by atoms with Crippen LogP contribution in [0.1, 0.15) is 112 Å². The second-order valence-electron chi connectivity index (χ2n) is 11.9. The minimum Gasteiger partial charge on any atom is -0.490 e. The van der Waals surface area contributed by atoms with Crippen LogP contribution >= 0.6 is 0 Å². The summed E-state index contributed by atoms with van der Waals surface area (Å²) < 4.78 is 23.4. The molecule has 2 unspecified atom stereocenters. The Kier molecular flexibility index (Phi) is 8.67. The third kappa shape index (κ3) is 6.83. The van der Waals surface area contributed by atoms with Gasteiger partial charge in [0.1, 0.15) is 36.9 Å². The standard InChI is InChI=1S/C32H46O4/c1-19(2)27-11-23(12-28(20(3)4)31(27)35-17-25-15-33-25)9-10-24-13-29(21(5)6)32(30(14-24)22(7)8)36-18-26-16-34-26/h11-14,19-22,25-26H,9-10,15-18H2,1-8H3. The van der Waals surface area contributed by atoms with Gasteiger partial charge in [0.15, 0.2) is 0 Å². The molecule has 36 heavy (non-hydrogen) atoms. The lowest BCUT2D eigenvalue weighted by Crippen LogP contribution is -2.11. The molecule has 0 aromatic heterocycles. The Bertz CT molecular complexity index is 887. The fourth-order valence-corrected chi connectivity index (χ4v) is 4.78. The molecule has 0 amide bonds. The zero-order valence-electron chi connectivity index (χ0n) is 23.6. The largest absolute Gasteiger partial charge is 0.490 e. The van der Waals surface area contributed by atoms with Gasteiger partial charge in [-0.2, -0.15) is 0 Å². The average Bonchev–Trinajstić information content (AvgIpc) is 3.74. The van der Waals surface area contributed by atoms with E-state index in [0.717, 1.165) is 37.6 Å². The van der Waals surface area contributed by atoms with Gasteiger partial charge in [-0.25, -0.2) is 0 Å². The van der Waals surface area contributed by atoms with Crippen LogP contribution in [0.3, 0.4) is 0 Å². The molecule has 0 saturated carbocycles. The smallest absolute Gasteiger partial charge is 0.126 e. The summed E-state index contributed by atoms with van der Waals surface area (Å²) >= 11 is 0. The highest BCUT2D eigenvalue weighted by molar-refractivity contribution is 5.50. The molecule has 2 heterocycles. The van der Waals surface area contributed by atoms with Gasteiger partial charge < -0.3 is 18.9 Å². The second kappa shape index (κ2) is 11.6. The van der Waals surface area contributed by atoms with Crippen LogP contribution in [0.2, 0.25) is 0 Å². The Morgan fingerprint density at radius 3 is 1.08 bits per heavy atom. The zero-order chi connectivity index (χ0) is 26.0. The molecule has 0 N–H and O–H groups in total. The van der Waals surface area contributed by atoms with Crippen LogP contribution in [0.15, 0.2) is 24.3 Å². The van der Waals surface area contributed by atoms with Crippen LogP contribution in [0.4, 0.5) is 0 Å². The van der Waals surface area contributed by atoms with Crippen molar-refractivity contribution in [1.29, 1.82) is 0 Å². The molecule has 0 spiro atoms. The molecule has 2 saturated heterocycles. The van der Waals surface area contributed by atoms with Gasteiger partial charge in [-0.05, 0) is 69.9 Å². The van der Waals surface area contributed by atoms with Crippen molar-refractivity contribution in [2.24, 2.45) is 0 Å². The van der Waals surface area contributed by atoms with Crippen LogP contribution < -0.4 is 9.47 Å². The van der Waals surface area contributed by atoms with Crippen LogP contribution in [-0.2, 0) is 22.3 Å². The lowest BCUT2D eigenvalue weighted by molar-refractivity contribution is 0.257. The van der Waals surface area contributed by atoms with Gasteiger partial charge in [-0.15, -0.1) is 0 Å². The Morgan fingerprint density at radius 1 is 0.583 bits per heavy atom. The van der Waals surface area contributed by atoms with E-state index in [1.807, 2.05) is 0 Å². The molecule has 4 heteroatoms. The molecular weight excluding hydrogens is 448 g/mol. The molecule has 2 aliphatic heterocycles. The molecule has 2 aromatic rings. The average molecular weight is 495 g/mol. The first-order chi connectivity index (χ1) is 17.1. The number of hydrogen-bond donors (Lipinski definition) is 0. The van der Waals surface area contributed by atoms with Crippen molar-refractivity contribution in [2.45, 2.75) is 104 Å². The number of rotatable bonds is 13. The molecule has 198 valence electrons. The van der Waals surface area contributed by atoms with Crippen molar-refractivity contribution in [3.05, 3.63) is 57.6 Å². The van der Waals surface area contributed by atoms with Gasteiger partial charge in [-0.3, -0.25) is 0 Å². The molecule has 2 aliphatic rings. The normalized spacial score (nSPS) is 19.0. The van der Waals surface area contributed by atoms with E-state index in [-0.39, 0.29) is 12.2 Å². The number of epoxide rings is 2. The van der Waals surface area contributed by atoms with E-state index in [2.05, 4.69) is 79.7 Å². The highest BCUT2D eigenvalue weighted by Crippen LogP contribution is 2.39. The highest BCUT2D eigenvalue weighted by atomic mass is 16.6. The lowest BCUT2D eigenvalue weighted by Gasteiger charge is -2.23. The molecule has 0 bridgehead atoms. The first kappa shape index (κ1) is 27.0. The first-order valence-electron chi connectivity index (χ1n) is 14.0. The topological polar surface area (TPSA) is 43.5 Å². The quantitative estimate of drug-likeness (QED) is 0.270. The van der Waals surface area contributed by atoms with Crippen LogP contribution in [0.25, 0.3) is 0 Å². The van der Waals surface area contributed by atoms with Crippen LogP contribution in [-0.4, -0.2) is 38.6 Å². The minimum absolute atomic E-state index is 0.263. The summed E-state index contributed by atoms with van der Waals surface area (Å²) in [5.41, 5.74) is 8.03. The maximum atomic E-state index is 6.33. The summed E-state index contributed by atoms with van der Waals surface area (Å²) in [7, 11) is 0. The lowest BCUT2D eigenvalue weighted by atomic mass is 9.88. The number of benzene rings is 2. The Morgan fingerprint density at radius 2 is 0.861 bits per heavy atom. The molecule has 0 aliphatic carbocycles. The number of hydrogen-bond acceptors (Lipinski definition) is 4. The monoisotopic (exact) mass is 494 g/mol. The van der Waals surface area contributed by atoms with E-state index in [0.29, 0.717) is 36.9 Å². The fraction of sp³-hybridized carbons (Fsp3) is 0.625. The van der Waals surface area contributed by atoms with E-state index < -0.39 is 0 Å². The number of aryl methyl sites for hydroxylation is 2. The minimum atomic E-state index is 0.263. The van der Waals surface area contributed by atoms with Crippen molar-refractivity contribution < 1.29 is 18.9 Å². The molecule has 0 radical (unpaired) electrons. The van der Waals surface area contributed by atoms with Gasteiger partial charge >= 0.3 is 0 Å². The Labute approximate surface area is 218 Å². The van der Waals surface area contributed by atoms with Crippen LogP contribution in [0.5, 0.6) is 11.5 Å². The summed E-state index contributed by atoms with van der Waals surface area (Å²) in [5, 5.41) is 0. The van der Waals surface area contributed by atoms with Crippen molar-refractivity contribution in [3.63, 3.8) is 0 Å². The van der Waals surface area contributed by atoms with Gasteiger partial charge in [0, 0.05) is 0 Å². The predicted molar refractivity (Wildman–Crippen MR) is 147 cm³/mol. The third-order valence-electron chi connectivity index (χ3n) is 7.23. The van der Waals surface area contributed by atoms with E-state index >= 15 is 0 Å². The van der Waals surface area contributed by atoms with Crippen molar-refractivity contribution in [2.75, 3.05) is 26.4 Å². The Balaban J connectivity index is 1.59. The molecule has 4 rings (SSSR count). The highest BCUT2D eigenvalue weighted by Gasteiger charge is 2.27. The zero-order valence-corrected chi connectivity index (χ0v) is 23.6. The van der Waals surface area contributed by atoms with Crippen LogP contribution in [0, 0.1) is 0 Å². The molecule has 2 fully saturated rings. The van der Waals surface area contributed by atoms with E-state index in [9.17, 15) is 0 Å². The van der Waals surface area contributed by atoms with Gasteiger partial charge in [0.2, 0.25) is 0 Å². The maximum Gasteiger partial charge on any atom is 0.126 e. The molecule has 4 nitrogen and oxygen atoms in total. The summed E-state index contributed by atoms with van der Waals surface area (Å²) in [6.45, 7) is 21.0. The molecule has 2 aromatic carbocycles. The summed E-state index contributed by atoms with van der Waals surface area (Å²) in [6.07, 6.45) is 2.55. The van der Waals surface area contributed by atoms with Crippen molar-refractivity contribution >= 4 is 0 Å². The predicted octanol–water partition coefficient (Wildman–Crippen LogP) is 7.52. The van der Waals surface area contributed by atoms with Gasteiger partial charge in [0.25, 0.3) is 0 Å². The summed E-state index contributed by atoms with van der Waals surface area (Å²) in [6, 6.07) is 9.50. The van der Waals surface area contributed by atoms with Gasteiger partial charge in [0.05, 0.1) is 13.2 Å². The van der Waals surface area contributed by atoms with Crippen molar-refractivity contribution in [3.8, 4) is 11.5 Å². The number of ether oxygens (including phenoxy) is 4. The van der Waals surface area contributed by atoms with E-state index in [1.165, 1.54) is 33.4 Å². The summed E-state index contributed by atoms with van der Waals surface area (Å²) in [4.78, 5) is 0. The van der Waals surface area contributed by atoms with Crippen molar-refractivity contribution in [1.82, 2.24) is 0 Å². The fourth-order valence-electron chi connectivity index (χ4n) is 4.78. The third-order valence-corrected chi connectivity index (χ3v) is 7.23. The molecule has 2 atom stereocenters. The maximum absolute atomic E-state index is 6.33. The Hall–Kier alpha value is -2.04. The van der Waals surface area contributed by atoms with E-state index in [1.54, 1.807) is 0 Å². The summed E-state index contributed by atoms with van der Waals surface area (Å²) in [5.74, 6) is 3.78. The SMILES string of the molecule is CC(C)c1cc(CCc2cc(C(C)C)c(OCC3CO3)c(C(C)C)c2)cc(C(C)C)c1OCC1CO1. The molecular formula is C32H46O4.